The molecule has 0 aromatic heterocycles. The number of thioether (sulfide) groups is 1. The SMILES string of the molecule is CSCCC(=O)NNC(=O)c1cccc(S(=O)(=O)NCc2ccccc2)c1. The Kier molecular flexibility index (Phi) is 7.83. The number of hydrogen-bond acceptors (Lipinski definition) is 5. The molecule has 0 atom stereocenters. The van der Waals surface area contributed by atoms with Crippen molar-refractivity contribution in [2.45, 2.75) is 17.9 Å². The quantitative estimate of drug-likeness (QED) is 0.578. The Morgan fingerprint density at radius 3 is 2.44 bits per heavy atom. The van der Waals surface area contributed by atoms with Gasteiger partial charge in [0.05, 0.1) is 4.90 Å². The third kappa shape index (κ3) is 6.70. The summed E-state index contributed by atoms with van der Waals surface area (Å²) in [5.41, 5.74) is 5.53. The van der Waals surface area contributed by atoms with Gasteiger partial charge in [0.25, 0.3) is 5.91 Å². The topological polar surface area (TPSA) is 104 Å². The number of sulfonamides is 1. The molecule has 0 saturated carbocycles. The third-order valence-electron chi connectivity index (χ3n) is 3.56. The van der Waals surface area contributed by atoms with Gasteiger partial charge >= 0.3 is 0 Å². The minimum Gasteiger partial charge on any atom is -0.273 e. The summed E-state index contributed by atoms with van der Waals surface area (Å²) in [6, 6.07) is 14.7. The Morgan fingerprint density at radius 2 is 1.74 bits per heavy atom. The third-order valence-corrected chi connectivity index (χ3v) is 5.58. The van der Waals surface area contributed by atoms with Gasteiger partial charge in [-0.15, -0.1) is 0 Å². The van der Waals surface area contributed by atoms with Crippen molar-refractivity contribution >= 4 is 33.6 Å². The van der Waals surface area contributed by atoms with Gasteiger partial charge in [0.2, 0.25) is 15.9 Å². The molecule has 0 unspecified atom stereocenters. The lowest BCUT2D eigenvalue weighted by atomic mass is 10.2. The van der Waals surface area contributed by atoms with E-state index < -0.39 is 15.9 Å². The van der Waals surface area contributed by atoms with Crippen LogP contribution in [0.1, 0.15) is 22.3 Å². The fourth-order valence-electron chi connectivity index (χ4n) is 2.12. The van der Waals surface area contributed by atoms with Crippen molar-refractivity contribution in [1.29, 1.82) is 0 Å². The van der Waals surface area contributed by atoms with Crippen molar-refractivity contribution in [2.75, 3.05) is 12.0 Å². The van der Waals surface area contributed by atoms with Crippen molar-refractivity contribution in [1.82, 2.24) is 15.6 Å². The van der Waals surface area contributed by atoms with Gasteiger partial charge in [-0.2, -0.15) is 11.8 Å². The number of carbonyl (C=O) groups excluding carboxylic acids is 2. The summed E-state index contributed by atoms with van der Waals surface area (Å²) < 4.78 is 27.4. The molecule has 0 aliphatic carbocycles. The van der Waals surface area contributed by atoms with Crippen molar-refractivity contribution in [3.8, 4) is 0 Å². The number of rotatable bonds is 8. The lowest BCUT2D eigenvalue weighted by Gasteiger charge is -2.10. The number of nitrogens with one attached hydrogen (secondary N) is 3. The molecule has 27 heavy (non-hydrogen) atoms. The number of hydrogen-bond donors (Lipinski definition) is 3. The molecule has 144 valence electrons. The first kappa shape index (κ1) is 20.9. The average Bonchev–Trinajstić information content (AvgIpc) is 2.70. The maximum atomic E-state index is 12.4. The van der Waals surface area contributed by atoms with Gasteiger partial charge in [-0.1, -0.05) is 36.4 Å². The van der Waals surface area contributed by atoms with Gasteiger partial charge < -0.3 is 0 Å². The smallest absolute Gasteiger partial charge is 0.269 e. The molecular formula is C18H21N3O4S2. The molecule has 0 spiro atoms. The first-order chi connectivity index (χ1) is 12.9. The van der Waals surface area contributed by atoms with Crippen LogP contribution in [-0.2, 0) is 21.4 Å². The number of hydrazine groups is 1. The van der Waals surface area contributed by atoms with Crippen LogP contribution < -0.4 is 15.6 Å². The van der Waals surface area contributed by atoms with Gasteiger partial charge in [0, 0.05) is 24.3 Å². The fraction of sp³-hybridized carbons (Fsp3) is 0.222. The minimum absolute atomic E-state index is 0.0280. The molecule has 0 bridgehead atoms. The van der Waals surface area contributed by atoms with Crippen LogP contribution in [0.15, 0.2) is 59.5 Å². The fourth-order valence-corrected chi connectivity index (χ4v) is 3.57. The van der Waals surface area contributed by atoms with Gasteiger partial charge in [0.1, 0.15) is 0 Å². The molecule has 3 N–H and O–H groups in total. The van der Waals surface area contributed by atoms with E-state index in [0.29, 0.717) is 5.75 Å². The normalized spacial score (nSPS) is 11.0. The zero-order valence-electron chi connectivity index (χ0n) is 14.8. The molecule has 2 rings (SSSR count). The maximum Gasteiger partial charge on any atom is 0.269 e. The molecular weight excluding hydrogens is 386 g/mol. The van der Waals surface area contributed by atoms with E-state index in [1.165, 1.54) is 36.0 Å². The molecule has 0 radical (unpaired) electrons. The Bertz CT molecular complexity index is 886. The summed E-state index contributed by atoms with van der Waals surface area (Å²) in [4.78, 5) is 23.6. The summed E-state index contributed by atoms with van der Waals surface area (Å²) in [7, 11) is -3.78. The second-order valence-corrected chi connectivity index (χ2v) is 8.34. The van der Waals surface area contributed by atoms with Gasteiger partial charge in [0.15, 0.2) is 0 Å². The highest BCUT2D eigenvalue weighted by molar-refractivity contribution is 7.98. The highest BCUT2D eigenvalue weighted by Crippen LogP contribution is 2.12. The van der Waals surface area contributed by atoms with Gasteiger partial charge in [-0.3, -0.25) is 20.4 Å². The molecule has 2 amide bonds. The lowest BCUT2D eigenvalue weighted by molar-refractivity contribution is -0.121. The van der Waals surface area contributed by atoms with Gasteiger partial charge in [-0.05, 0) is 30.0 Å². The number of amides is 2. The predicted octanol–water partition coefficient (Wildman–Crippen LogP) is 1.68. The highest BCUT2D eigenvalue weighted by atomic mass is 32.2. The monoisotopic (exact) mass is 407 g/mol. The largest absolute Gasteiger partial charge is 0.273 e. The van der Waals surface area contributed by atoms with E-state index in [1.54, 1.807) is 0 Å². The van der Waals surface area contributed by atoms with Crippen LogP contribution in [0.5, 0.6) is 0 Å². The molecule has 9 heteroatoms. The second-order valence-electron chi connectivity index (χ2n) is 5.58. The summed E-state index contributed by atoms with van der Waals surface area (Å²) >= 11 is 1.52. The molecule has 0 heterocycles. The van der Waals surface area contributed by atoms with Crippen molar-refractivity contribution < 1.29 is 18.0 Å². The zero-order chi connectivity index (χ0) is 19.7. The lowest BCUT2D eigenvalue weighted by Crippen LogP contribution is -2.41. The van der Waals surface area contributed by atoms with Crippen LogP contribution in [0.25, 0.3) is 0 Å². The first-order valence-electron chi connectivity index (χ1n) is 8.14. The molecule has 0 aliphatic rings. The minimum atomic E-state index is -3.78. The Labute approximate surface area is 163 Å². The Morgan fingerprint density at radius 1 is 1.00 bits per heavy atom. The average molecular weight is 408 g/mol. The van der Waals surface area contributed by atoms with Crippen molar-refractivity contribution in [3.63, 3.8) is 0 Å². The highest BCUT2D eigenvalue weighted by Gasteiger charge is 2.16. The van der Waals surface area contributed by atoms with E-state index in [1.807, 2.05) is 36.6 Å². The Hall–Kier alpha value is -2.36. The molecule has 0 saturated heterocycles. The summed E-state index contributed by atoms with van der Waals surface area (Å²) in [5, 5.41) is 0. The van der Waals surface area contributed by atoms with Crippen LogP contribution >= 0.6 is 11.8 Å². The maximum absolute atomic E-state index is 12.4. The van der Waals surface area contributed by atoms with Crippen LogP contribution in [0.2, 0.25) is 0 Å². The van der Waals surface area contributed by atoms with Crippen LogP contribution in [0, 0.1) is 0 Å². The molecule has 0 fully saturated rings. The van der Waals surface area contributed by atoms with E-state index in [0.717, 1.165) is 5.56 Å². The zero-order valence-corrected chi connectivity index (χ0v) is 16.4. The van der Waals surface area contributed by atoms with E-state index in [4.69, 9.17) is 0 Å². The van der Waals surface area contributed by atoms with Gasteiger partial charge in [-0.25, -0.2) is 13.1 Å². The standard InChI is InChI=1S/C18H21N3O4S2/c1-26-11-10-17(22)20-21-18(23)15-8-5-9-16(12-15)27(24,25)19-13-14-6-3-2-4-7-14/h2-9,12,19H,10-11,13H2,1H3,(H,20,22)(H,21,23). The summed E-state index contributed by atoms with van der Waals surface area (Å²) in [6.45, 7) is 0.144. The van der Waals surface area contributed by atoms with Crippen LogP contribution in [-0.4, -0.2) is 32.2 Å². The van der Waals surface area contributed by atoms with Crippen molar-refractivity contribution in [3.05, 3.63) is 65.7 Å². The molecule has 2 aromatic rings. The van der Waals surface area contributed by atoms with E-state index in [2.05, 4.69) is 15.6 Å². The number of carbonyl (C=O) groups is 2. The summed E-state index contributed by atoms with van der Waals surface area (Å²) in [6.07, 6.45) is 2.16. The van der Waals surface area contributed by atoms with Crippen LogP contribution in [0.3, 0.4) is 0 Å². The van der Waals surface area contributed by atoms with E-state index in [9.17, 15) is 18.0 Å². The predicted molar refractivity (Wildman–Crippen MR) is 106 cm³/mol. The molecule has 2 aromatic carbocycles. The molecule has 7 nitrogen and oxygen atoms in total. The molecule has 0 aliphatic heterocycles. The van der Waals surface area contributed by atoms with E-state index >= 15 is 0 Å². The van der Waals surface area contributed by atoms with Crippen molar-refractivity contribution in [2.24, 2.45) is 0 Å². The number of benzene rings is 2. The first-order valence-corrected chi connectivity index (χ1v) is 11.0. The Balaban J connectivity index is 2.00. The summed E-state index contributed by atoms with van der Waals surface area (Å²) in [5.74, 6) is -0.263. The van der Waals surface area contributed by atoms with Crippen LogP contribution in [0.4, 0.5) is 0 Å². The van der Waals surface area contributed by atoms with E-state index in [-0.39, 0.29) is 29.3 Å². The second kappa shape index (κ2) is 10.1.